The van der Waals surface area contributed by atoms with Crippen LogP contribution in [-0.2, 0) is 14.3 Å². The van der Waals surface area contributed by atoms with Crippen molar-refractivity contribution in [1.82, 2.24) is 10.2 Å². The molecule has 2 amide bonds. The molecule has 0 aliphatic carbocycles. The summed E-state index contributed by atoms with van der Waals surface area (Å²) in [5.41, 5.74) is 2.20. The molecule has 1 fully saturated rings. The molecule has 0 saturated carbocycles. The number of hydrogen-bond acceptors (Lipinski definition) is 5. The number of hydrogen-bond donors (Lipinski definition) is 3. The van der Waals surface area contributed by atoms with Crippen LogP contribution in [0.25, 0.3) is 0 Å². The smallest absolute Gasteiger partial charge is 0.229 e. The largest absolute Gasteiger partial charge is 0.383 e. The molecule has 1 aromatic carbocycles. The molecule has 1 aromatic heterocycles. The summed E-state index contributed by atoms with van der Waals surface area (Å²) in [7, 11) is 1.64. The predicted octanol–water partition coefficient (Wildman–Crippen LogP) is 1.46. The summed E-state index contributed by atoms with van der Waals surface area (Å²) in [6.45, 7) is 1.56. The summed E-state index contributed by atoms with van der Waals surface area (Å²) in [6.07, 6.45) is 3.41. The number of benzene rings is 1. The van der Waals surface area contributed by atoms with Crippen molar-refractivity contribution in [2.75, 3.05) is 42.3 Å². The topological polar surface area (TPSA) is 99.3 Å². The van der Waals surface area contributed by atoms with Gasteiger partial charge in [-0.05, 0) is 12.1 Å². The second kappa shape index (κ2) is 7.80. The summed E-state index contributed by atoms with van der Waals surface area (Å²) in [5.74, 6) is -0.636. The number of ether oxygens (including phenoxy) is 1. The quantitative estimate of drug-likeness (QED) is 0.661. The number of para-hydroxylation sites is 2. The van der Waals surface area contributed by atoms with Crippen LogP contribution >= 0.6 is 0 Å². The van der Waals surface area contributed by atoms with Crippen LogP contribution in [0.5, 0.6) is 0 Å². The van der Waals surface area contributed by atoms with E-state index in [9.17, 15) is 9.59 Å². The number of anilines is 3. The number of amides is 2. The average molecular weight is 343 g/mol. The number of carbonyl (C=O) groups excluding carboxylic acids is 2. The van der Waals surface area contributed by atoms with Crippen LogP contribution in [-0.4, -0.2) is 48.8 Å². The van der Waals surface area contributed by atoms with E-state index in [2.05, 4.69) is 20.8 Å². The molecule has 1 aliphatic heterocycles. The number of aromatic nitrogens is 2. The number of nitrogens with zero attached hydrogens (tertiary/aromatic N) is 2. The van der Waals surface area contributed by atoms with E-state index in [1.165, 1.54) is 0 Å². The number of methoxy groups -OCH3 is 1. The monoisotopic (exact) mass is 343 g/mol. The van der Waals surface area contributed by atoms with E-state index in [0.717, 1.165) is 5.69 Å². The van der Waals surface area contributed by atoms with Crippen molar-refractivity contribution in [3.63, 3.8) is 0 Å². The third kappa shape index (κ3) is 3.97. The van der Waals surface area contributed by atoms with E-state index in [1.54, 1.807) is 24.4 Å². The minimum atomic E-state index is -0.394. The first-order chi connectivity index (χ1) is 12.2. The zero-order chi connectivity index (χ0) is 17.6. The van der Waals surface area contributed by atoms with Crippen molar-refractivity contribution in [2.24, 2.45) is 5.92 Å². The Morgan fingerprint density at radius 1 is 1.40 bits per heavy atom. The van der Waals surface area contributed by atoms with Gasteiger partial charge in [-0.2, -0.15) is 5.10 Å². The van der Waals surface area contributed by atoms with Gasteiger partial charge in [-0.3, -0.25) is 14.7 Å². The molecule has 1 unspecified atom stereocenters. The molecule has 0 radical (unpaired) electrons. The fraction of sp³-hybridized carbons (Fsp3) is 0.353. The molecule has 1 aliphatic rings. The Balaban J connectivity index is 1.64. The standard InChI is InChI=1S/C17H21N5O3/c1-25-7-6-18-14-4-2-3-5-15(14)21-17(24)12-8-16(23)22(11-12)13-9-19-20-10-13/h2-5,9-10,12,18H,6-8,11H2,1H3,(H,19,20)(H,21,24). The van der Waals surface area contributed by atoms with Crippen molar-refractivity contribution in [2.45, 2.75) is 6.42 Å². The number of nitrogens with one attached hydrogen (secondary N) is 3. The van der Waals surface area contributed by atoms with Gasteiger partial charge in [-0.25, -0.2) is 0 Å². The van der Waals surface area contributed by atoms with Gasteiger partial charge in [0, 0.05) is 32.8 Å². The maximum absolute atomic E-state index is 12.6. The minimum Gasteiger partial charge on any atom is -0.383 e. The molecule has 1 saturated heterocycles. The zero-order valence-electron chi connectivity index (χ0n) is 14.0. The lowest BCUT2D eigenvalue weighted by Gasteiger charge is -2.16. The molecule has 25 heavy (non-hydrogen) atoms. The van der Waals surface area contributed by atoms with Gasteiger partial charge in [0.05, 0.1) is 35.8 Å². The van der Waals surface area contributed by atoms with Crippen LogP contribution in [0.15, 0.2) is 36.7 Å². The van der Waals surface area contributed by atoms with E-state index in [0.29, 0.717) is 31.1 Å². The van der Waals surface area contributed by atoms with Crippen LogP contribution in [0.2, 0.25) is 0 Å². The molecule has 3 rings (SSSR count). The number of rotatable bonds is 7. The third-order valence-corrected chi connectivity index (χ3v) is 4.10. The Bertz CT molecular complexity index is 732. The van der Waals surface area contributed by atoms with Crippen molar-refractivity contribution < 1.29 is 14.3 Å². The van der Waals surface area contributed by atoms with Crippen LogP contribution in [0, 0.1) is 5.92 Å². The van der Waals surface area contributed by atoms with Gasteiger partial charge in [0.15, 0.2) is 0 Å². The van der Waals surface area contributed by atoms with E-state index in [4.69, 9.17) is 4.74 Å². The van der Waals surface area contributed by atoms with Gasteiger partial charge in [0.25, 0.3) is 0 Å². The Morgan fingerprint density at radius 2 is 2.20 bits per heavy atom. The van der Waals surface area contributed by atoms with Gasteiger partial charge in [0.2, 0.25) is 11.8 Å². The summed E-state index contributed by atoms with van der Waals surface area (Å²) >= 11 is 0. The predicted molar refractivity (Wildman–Crippen MR) is 94.5 cm³/mol. The van der Waals surface area contributed by atoms with Crippen LogP contribution in [0.3, 0.4) is 0 Å². The molecule has 0 bridgehead atoms. The lowest BCUT2D eigenvalue weighted by atomic mass is 10.1. The Hall–Kier alpha value is -2.87. The molecule has 8 heteroatoms. The van der Waals surface area contributed by atoms with E-state index in [-0.39, 0.29) is 18.2 Å². The molecule has 0 spiro atoms. The second-order valence-electron chi connectivity index (χ2n) is 5.82. The molecule has 132 valence electrons. The highest BCUT2D eigenvalue weighted by molar-refractivity contribution is 6.04. The summed E-state index contributed by atoms with van der Waals surface area (Å²) in [6, 6.07) is 7.47. The molecular formula is C17H21N5O3. The number of carbonyl (C=O) groups is 2. The first-order valence-corrected chi connectivity index (χ1v) is 8.11. The zero-order valence-corrected chi connectivity index (χ0v) is 14.0. The number of aromatic amines is 1. The molecular weight excluding hydrogens is 322 g/mol. The Morgan fingerprint density at radius 3 is 2.92 bits per heavy atom. The van der Waals surface area contributed by atoms with Crippen molar-refractivity contribution >= 4 is 28.9 Å². The number of H-pyrrole nitrogens is 1. The van der Waals surface area contributed by atoms with Gasteiger partial charge >= 0.3 is 0 Å². The van der Waals surface area contributed by atoms with Gasteiger partial charge in [-0.1, -0.05) is 12.1 Å². The highest BCUT2D eigenvalue weighted by Crippen LogP contribution is 2.27. The SMILES string of the molecule is COCCNc1ccccc1NC(=O)C1CC(=O)N(c2cn[nH]c2)C1. The minimum absolute atomic E-state index is 0.0759. The van der Waals surface area contributed by atoms with Crippen LogP contribution in [0.4, 0.5) is 17.1 Å². The van der Waals surface area contributed by atoms with Gasteiger partial charge in [-0.15, -0.1) is 0 Å². The van der Waals surface area contributed by atoms with Crippen molar-refractivity contribution in [1.29, 1.82) is 0 Å². The Kier molecular flexibility index (Phi) is 5.30. The Labute approximate surface area is 145 Å². The summed E-state index contributed by atoms with van der Waals surface area (Å²) in [4.78, 5) is 26.3. The van der Waals surface area contributed by atoms with Gasteiger partial charge in [0.1, 0.15) is 0 Å². The van der Waals surface area contributed by atoms with Gasteiger partial charge < -0.3 is 20.3 Å². The van der Waals surface area contributed by atoms with E-state index < -0.39 is 5.92 Å². The highest BCUT2D eigenvalue weighted by Gasteiger charge is 2.35. The summed E-state index contributed by atoms with van der Waals surface area (Å²) in [5, 5.41) is 12.7. The van der Waals surface area contributed by atoms with Crippen molar-refractivity contribution in [3.05, 3.63) is 36.7 Å². The summed E-state index contributed by atoms with van der Waals surface area (Å²) < 4.78 is 5.02. The molecule has 8 nitrogen and oxygen atoms in total. The highest BCUT2D eigenvalue weighted by atomic mass is 16.5. The fourth-order valence-electron chi connectivity index (χ4n) is 2.79. The second-order valence-corrected chi connectivity index (χ2v) is 5.82. The average Bonchev–Trinajstić information content (AvgIpc) is 3.26. The molecule has 1 atom stereocenters. The lowest BCUT2D eigenvalue weighted by molar-refractivity contribution is -0.122. The first-order valence-electron chi connectivity index (χ1n) is 8.11. The molecule has 2 heterocycles. The lowest BCUT2D eigenvalue weighted by Crippen LogP contribution is -2.28. The van der Waals surface area contributed by atoms with E-state index in [1.807, 2.05) is 24.3 Å². The molecule has 2 aromatic rings. The normalized spacial score (nSPS) is 16.9. The van der Waals surface area contributed by atoms with E-state index >= 15 is 0 Å². The fourth-order valence-corrected chi connectivity index (χ4v) is 2.79. The first kappa shape index (κ1) is 17.0. The maximum atomic E-state index is 12.6. The molecule has 3 N–H and O–H groups in total. The third-order valence-electron chi connectivity index (χ3n) is 4.10. The van der Waals surface area contributed by atoms with Crippen LogP contribution < -0.4 is 15.5 Å². The maximum Gasteiger partial charge on any atom is 0.229 e. The van der Waals surface area contributed by atoms with Crippen molar-refractivity contribution in [3.8, 4) is 0 Å². The van der Waals surface area contributed by atoms with Crippen LogP contribution in [0.1, 0.15) is 6.42 Å².